The molecule has 0 fully saturated rings. The van der Waals surface area contributed by atoms with Crippen molar-refractivity contribution in [1.29, 1.82) is 0 Å². The van der Waals surface area contributed by atoms with Crippen molar-refractivity contribution in [2.24, 2.45) is 0 Å². The van der Waals surface area contributed by atoms with E-state index in [-0.39, 0.29) is 10.7 Å². The highest BCUT2D eigenvalue weighted by molar-refractivity contribution is 7.80. The first-order valence-electron chi connectivity index (χ1n) is 7.73. The molecule has 5 nitrogen and oxygen atoms in total. The maximum absolute atomic E-state index is 12.4. The van der Waals surface area contributed by atoms with Gasteiger partial charge < -0.3 is 9.73 Å². The third-order valence-electron chi connectivity index (χ3n) is 3.82. The van der Waals surface area contributed by atoms with Crippen LogP contribution in [-0.2, 0) is 0 Å². The van der Waals surface area contributed by atoms with E-state index in [0.29, 0.717) is 11.0 Å². The van der Waals surface area contributed by atoms with E-state index >= 15 is 0 Å². The van der Waals surface area contributed by atoms with Crippen LogP contribution in [0.3, 0.4) is 0 Å². The standard InChI is InChI=1S/C19H12N2O3S2/c22-17(14-10-11-3-1-2-4-15(11)24-18(14)23)21-19(25)20-13-5-6-16-12(9-13)7-8-26-16/h1-10H,(H2,20,21,22,25). The number of fused-ring (bicyclic) bond motifs is 2. The van der Waals surface area contributed by atoms with Crippen molar-refractivity contribution in [3.05, 3.63) is 76.0 Å². The van der Waals surface area contributed by atoms with E-state index in [0.717, 1.165) is 11.1 Å². The molecule has 128 valence electrons. The van der Waals surface area contributed by atoms with Gasteiger partial charge in [-0.15, -0.1) is 11.3 Å². The molecule has 2 aromatic carbocycles. The highest BCUT2D eigenvalue weighted by atomic mass is 32.1. The van der Waals surface area contributed by atoms with Crippen LogP contribution in [0.5, 0.6) is 0 Å². The van der Waals surface area contributed by atoms with Gasteiger partial charge in [-0.25, -0.2) is 4.79 Å². The van der Waals surface area contributed by atoms with Crippen LogP contribution in [0.15, 0.2) is 69.2 Å². The summed E-state index contributed by atoms with van der Waals surface area (Å²) in [6.07, 6.45) is 0. The molecule has 0 radical (unpaired) electrons. The number of thiocarbonyl (C=S) groups is 1. The number of para-hydroxylation sites is 1. The van der Waals surface area contributed by atoms with E-state index < -0.39 is 11.5 Å². The molecule has 0 atom stereocenters. The summed E-state index contributed by atoms with van der Waals surface area (Å²) in [5.41, 5.74) is 0.385. The first-order chi connectivity index (χ1) is 12.6. The molecule has 0 unspecified atom stereocenters. The highest BCUT2D eigenvalue weighted by Gasteiger charge is 2.15. The monoisotopic (exact) mass is 380 g/mol. The number of hydrogen-bond donors (Lipinski definition) is 2. The summed E-state index contributed by atoms with van der Waals surface area (Å²) >= 11 is 6.83. The normalized spacial score (nSPS) is 10.8. The molecular formula is C19H12N2O3S2. The molecule has 0 spiro atoms. The quantitative estimate of drug-likeness (QED) is 0.404. The van der Waals surface area contributed by atoms with Gasteiger partial charge in [-0.05, 0) is 59.4 Å². The largest absolute Gasteiger partial charge is 0.422 e. The molecule has 2 N–H and O–H groups in total. The molecule has 4 aromatic rings. The molecule has 0 aliphatic carbocycles. The van der Waals surface area contributed by atoms with Gasteiger partial charge in [0.25, 0.3) is 5.91 Å². The Morgan fingerprint density at radius 2 is 1.88 bits per heavy atom. The van der Waals surface area contributed by atoms with Gasteiger partial charge in [0.15, 0.2) is 5.11 Å². The van der Waals surface area contributed by atoms with Crippen molar-refractivity contribution in [3.8, 4) is 0 Å². The SMILES string of the molecule is O=C(NC(=S)Nc1ccc2sccc2c1)c1cc2ccccc2oc1=O. The Hall–Kier alpha value is -3.03. The van der Waals surface area contributed by atoms with Crippen LogP contribution >= 0.6 is 23.6 Å². The topological polar surface area (TPSA) is 71.3 Å². The second-order valence-electron chi connectivity index (χ2n) is 5.57. The predicted octanol–water partition coefficient (Wildman–Crippen LogP) is 4.13. The molecule has 0 bridgehead atoms. The summed E-state index contributed by atoms with van der Waals surface area (Å²) in [6.45, 7) is 0. The Kier molecular flexibility index (Phi) is 4.24. The van der Waals surface area contributed by atoms with E-state index in [1.165, 1.54) is 10.8 Å². The van der Waals surface area contributed by atoms with Crippen LogP contribution in [0, 0.1) is 0 Å². The second kappa shape index (κ2) is 6.70. The zero-order chi connectivity index (χ0) is 18.1. The average Bonchev–Trinajstić information content (AvgIpc) is 3.08. The van der Waals surface area contributed by atoms with Gasteiger partial charge in [0, 0.05) is 15.8 Å². The first-order valence-corrected chi connectivity index (χ1v) is 9.01. The van der Waals surface area contributed by atoms with Crippen molar-refractivity contribution in [2.75, 3.05) is 5.32 Å². The minimum Gasteiger partial charge on any atom is -0.422 e. The predicted molar refractivity (Wildman–Crippen MR) is 108 cm³/mol. The van der Waals surface area contributed by atoms with Crippen molar-refractivity contribution < 1.29 is 9.21 Å². The van der Waals surface area contributed by atoms with Gasteiger partial charge in [-0.2, -0.15) is 0 Å². The van der Waals surface area contributed by atoms with Crippen LogP contribution < -0.4 is 16.3 Å². The smallest absolute Gasteiger partial charge is 0.349 e. The Morgan fingerprint density at radius 1 is 1.04 bits per heavy atom. The van der Waals surface area contributed by atoms with E-state index in [1.54, 1.807) is 35.6 Å². The third-order valence-corrected chi connectivity index (χ3v) is 4.93. The number of hydrogen-bond acceptors (Lipinski definition) is 5. The molecule has 0 aliphatic rings. The fourth-order valence-electron chi connectivity index (χ4n) is 2.60. The van der Waals surface area contributed by atoms with Crippen LogP contribution in [0.4, 0.5) is 5.69 Å². The molecule has 2 aromatic heterocycles. The lowest BCUT2D eigenvalue weighted by atomic mass is 10.2. The van der Waals surface area contributed by atoms with E-state index in [1.807, 2.05) is 29.6 Å². The molecule has 1 amide bonds. The zero-order valence-electron chi connectivity index (χ0n) is 13.3. The number of carbonyl (C=O) groups is 1. The van der Waals surface area contributed by atoms with Crippen molar-refractivity contribution in [2.45, 2.75) is 0 Å². The fraction of sp³-hybridized carbons (Fsp3) is 0. The Labute approximate surface area is 157 Å². The summed E-state index contributed by atoms with van der Waals surface area (Å²) in [4.78, 5) is 24.4. The lowest BCUT2D eigenvalue weighted by molar-refractivity contribution is 0.0974. The van der Waals surface area contributed by atoms with Crippen LogP contribution in [0.1, 0.15) is 10.4 Å². The van der Waals surface area contributed by atoms with E-state index in [2.05, 4.69) is 10.6 Å². The Balaban J connectivity index is 1.52. The zero-order valence-corrected chi connectivity index (χ0v) is 14.9. The molecule has 0 aliphatic heterocycles. The number of nitrogens with one attached hydrogen (secondary N) is 2. The lowest BCUT2D eigenvalue weighted by Gasteiger charge is -2.09. The minimum atomic E-state index is -0.705. The highest BCUT2D eigenvalue weighted by Crippen LogP contribution is 2.23. The number of carbonyl (C=O) groups excluding carboxylic acids is 1. The third kappa shape index (κ3) is 3.22. The first kappa shape index (κ1) is 16.4. The van der Waals surface area contributed by atoms with Gasteiger partial charge in [0.05, 0.1) is 0 Å². The number of anilines is 1. The number of amides is 1. The molecule has 0 saturated carbocycles. The van der Waals surface area contributed by atoms with E-state index in [4.69, 9.17) is 16.6 Å². The molecule has 0 saturated heterocycles. The summed E-state index contributed by atoms with van der Waals surface area (Å²) in [7, 11) is 0. The number of benzene rings is 2. The molecule has 26 heavy (non-hydrogen) atoms. The van der Waals surface area contributed by atoms with Gasteiger partial charge >= 0.3 is 5.63 Å². The molecule has 4 rings (SSSR count). The van der Waals surface area contributed by atoms with Gasteiger partial charge in [0.1, 0.15) is 11.1 Å². The van der Waals surface area contributed by atoms with Crippen LogP contribution in [0.2, 0.25) is 0 Å². The maximum atomic E-state index is 12.4. The summed E-state index contributed by atoms with van der Waals surface area (Å²) in [6, 6.07) is 16.3. The number of rotatable bonds is 2. The maximum Gasteiger partial charge on any atom is 0.349 e. The molecular weight excluding hydrogens is 368 g/mol. The van der Waals surface area contributed by atoms with Crippen LogP contribution in [0.25, 0.3) is 21.1 Å². The molecule has 2 heterocycles. The van der Waals surface area contributed by atoms with E-state index in [9.17, 15) is 9.59 Å². The minimum absolute atomic E-state index is 0.0962. The Bertz CT molecular complexity index is 1210. The fourth-order valence-corrected chi connectivity index (χ4v) is 3.58. The summed E-state index contributed by atoms with van der Waals surface area (Å²) in [5.74, 6) is -0.612. The van der Waals surface area contributed by atoms with Gasteiger partial charge in [-0.1, -0.05) is 18.2 Å². The summed E-state index contributed by atoms with van der Waals surface area (Å²) < 4.78 is 6.34. The van der Waals surface area contributed by atoms with Crippen molar-refractivity contribution >= 4 is 61.3 Å². The summed E-state index contributed by atoms with van der Waals surface area (Å²) in [5, 5.41) is 9.34. The average molecular weight is 380 g/mol. The van der Waals surface area contributed by atoms with Crippen LogP contribution in [-0.4, -0.2) is 11.0 Å². The molecule has 7 heteroatoms. The Morgan fingerprint density at radius 3 is 2.77 bits per heavy atom. The van der Waals surface area contributed by atoms with Gasteiger partial charge in [-0.3, -0.25) is 10.1 Å². The lowest BCUT2D eigenvalue weighted by Crippen LogP contribution is -2.36. The number of thiophene rings is 1. The van der Waals surface area contributed by atoms with Crippen molar-refractivity contribution in [3.63, 3.8) is 0 Å². The van der Waals surface area contributed by atoms with Crippen molar-refractivity contribution in [1.82, 2.24) is 5.32 Å². The second-order valence-corrected chi connectivity index (χ2v) is 6.92. The van der Waals surface area contributed by atoms with Gasteiger partial charge in [0.2, 0.25) is 0 Å².